The summed E-state index contributed by atoms with van der Waals surface area (Å²) < 4.78 is 39.3. The van der Waals surface area contributed by atoms with E-state index in [1.165, 1.54) is 24.5 Å². The molecule has 0 amide bonds. The summed E-state index contributed by atoms with van der Waals surface area (Å²) in [4.78, 5) is 16.1. The Morgan fingerprint density at radius 3 is 2.50 bits per heavy atom. The van der Waals surface area contributed by atoms with Gasteiger partial charge in [-0.1, -0.05) is 15.9 Å². The maximum absolute atomic E-state index is 13.0. The van der Waals surface area contributed by atoms with Gasteiger partial charge >= 0.3 is 6.18 Å². The Hall–Kier alpha value is -1.69. The van der Waals surface area contributed by atoms with Crippen molar-refractivity contribution in [3.8, 4) is 0 Å². The second-order valence-electron chi connectivity index (χ2n) is 4.21. The molecule has 2 aromatic rings. The van der Waals surface area contributed by atoms with E-state index in [0.717, 1.165) is 6.07 Å². The van der Waals surface area contributed by atoms with E-state index in [9.17, 15) is 18.0 Å². The van der Waals surface area contributed by atoms with Gasteiger partial charge in [-0.15, -0.1) is 0 Å². The molecule has 1 aromatic carbocycles. The lowest BCUT2D eigenvalue weighted by Gasteiger charge is -2.13. The molecule has 1 aromatic heterocycles. The van der Waals surface area contributed by atoms with Crippen molar-refractivity contribution < 1.29 is 18.0 Å². The van der Waals surface area contributed by atoms with Crippen molar-refractivity contribution in [3.05, 3.63) is 63.4 Å². The molecule has 0 aliphatic heterocycles. The third-order valence-corrected chi connectivity index (χ3v) is 3.31. The lowest BCUT2D eigenvalue weighted by molar-refractivity contribution is -0.137. The van der Waals surface area contributed by atoms with Gasteiger partial charge in [0.25, 0.3) is 0 Å². The second-order valence-corrected chi connectivity index (χ2v) is 5.12. The van der Waals surface area contributed by atoms with Crippen LogP contribution < -0.4 is 0 Å². The highest BCUT2D eigenvalue weighted by molar-refractivity contribution is 9.10. The summed E-state index contributed by atoms with van der Waals surface area (Å²) in [6.07, 6.45) is -1.83. The monoisotopic (exact) mass is 343 g/mol. The fourth-order valence-electron chi connectivity index (χ4n) is 1.80. The molecule has 2 rings (SSSR count). The first-order chi connectivity index (χ1) is 9.30. The zero-order valence-corrected chi connectivity index (χ0v) is 11.9. The molecular weight excluding hydrogens is 335 g/mol. The molecule has 0 spiro atoms. The summed E-state index contributed by atoms with van der Waals surface area (Å²) in [5.74, 6) is -0.685. The van der Waals surface area contributed by atoms with Crippen LogP contribution in [0.4, 0.5) is 13.2 Å². The van der Waals surface area contributed by atoms with E-state index in [1.807, 2.05) is 0 Å². The molecular formula is C14H9BrF3NO. The lowest BCUT2D eigenvalue weighted by Crippen LogP contribution is -2.14. The summed E-state index contributed by atoms with van der Waals surface area (Å²) >= 11 is 2.98. The normalized spacial score (nSPS) is 11.4. The average Bonchev–Trinajstić information content (AvgIpc) is 2.37. The number of benzene rings is 1. The Balaban J connectivity index is 2.59. The van der Waals surface area contributed by atoms with Gasteiger partial charge in [-0.2, -0.15) is 13.2 Å². The minimum absolute atomic E-state index is 0.167. The van der Waals surface area contributed by atoms with Gasteiger partial charge in [0.15, 0.2) is 5.78 Å². The Morgan fingerprint density at radius 1 is 1.20 bits per heavy atom. The van der Waals surface area contributed by atoms with E-state index < -0.39 is 17.5 Å². The second kappa shape index (κ2) is 5.36. The zero-order valence-electron chi connectivity index (χ0n) is 10.3. The Morgan fingerprint density at radius 2 is 1.90 bits per heavy atom. The molecule has 1 heterocycles. The van der Waals surface area contributed by atoms with Crippen molar-refractivity contribution in [1.82, 2.24) is 4.98 Å². The van der Waals surface area contributed by atoms with E-state index in [4.69, 9.17) is 0 Å². The maximum atomic E-state index is 13.0. The van der Waals surface area contributed by atoms with Crippen LogP contribution in [0.3, 0.4) is 0 Å². The Kier molecular flexibility index (Phi) is 3.94. The number of rotatable bonds is 2. The predicted octanol–water partition coefficient (Wildman–Crippen LogP) is 4.40. The van der Waals surface area contributed by atoms with Crippen molar-refractivity contribution in [2.45, 2.75) is 13.1 Å². The highest BCUT2D eigenvalue weighted by atomic mass is 79.9. The van der Waals surface area contributed by atoms with Crippen molar-refractivity contribution in [2.75, 3.05) is 0 Å². The van der Waals surface area contributed by atoms with Gasteiger partial charge < -0.3 is 0 Å². The largest absolute Gasteiger partial charge is 0.417 e. The van der Waals surface area contributed by atoms with Crippen LogP contribution >= 0.6 is 15.9 Å². The van der Waals surface area contributed by atoms with Crippen molar-refractivity contribution in [3.63, 3.8) is 0 Å². The molecule has 0 fully saturated rings. The number of alkyl halides is 3. The van der Waals surface area contributed by atoms with Crippen LogP contribution in [-0.2, 0) is 6.18 Å². The SMILES string of the molecule is Cc1ccncc1C(=O)c1ccc(Br)cc1C(F)(F)F. The smallest absolute Gasteiger partial charge is 0.289 e. The molecule has 0 aliphatic rings. The minimum Gasteiger partial charge on any atom is -0.289 e. The summed E-state index contributed by atoms with van der Waals surface area (Å²) in [5, 5.41) is 0. The van der Waals surface area contributed by atoms with Gasteiger partial charge in [-0.05, 0) is 36.8 Å². The number of aryl methyl sites for hydroxylation is 1. The van der Waals surface area contributed by atoms with Crippen LogP contribution in [0.2, 0.25) is 0 Å². The van der Waals surface area contributed by atoms with Gasteiger partial charge in [0.2, 0.25) is 0 Å². The molecule has 0 radical (unpaired) electrons. The highest BCUT2D eigenvalue weighted by Crippen LogP contribution is 2.35. The van der Waals surface area contributed by atoms with E-state index in [0.29, 0.717) is 5.56 Å². The van der Waals surface area contributed by atoms with Gasteiger partial charge in [0.1, 0.15) is 0 Å². The molecule has 0 saturated carbocycles. The van der Waals surface area contributed by atoms with Crippen molar-refractivity contribution in [2.24, 2.45) is 0 Å². The third kappa shape index (κ3) is 2.90. The standard InChI is InChI=1S/C14H9BrF3NO/c1-8-4-5-19-7-11(8)13(20)10-3-2-9(15)6-12(10)14(16,17)18/h2-7H,1H3. The van der Waals surface area contributed by atoms with Gasteiger partial charge in [-0.25, -0.2) is 0 Å². The zero-order chi connectivity index (χ0) is 14.9. The fourth-order valence-corrected chi connectivity index (χ4v) is 2.16. The van der Waals surface area contributed by atoms with E-state index in [-0.39, 0.29) is 15.6 Å². The average molecular weight is 344 g/mol. The number of hydrogen-bond donors (Lipinski definition) is 0. The van der Waals surface area contributed by atoms with Crippen LogP contribution in [0.5, 0.6) is 0 Å². The molecule has 0 saturated heterocycles. The van der Waals surface area contributed by atoms with Crippen LogP contribution in [0.1, 0.15) is 27.0 Å². The first kappa shape index (κ1) is 14.7. The maximum Gasteiger partial charge on any atom is 0.417 e. The van der Waals surface area contributed by atoms with E-state index in [1.54, 1.807) is 13.0 Å². The number of carbonyl (C=O) groups is 1. The van der Waals surface area contributed by atoms with Crippen LogP contribution in [0.25, 0.3) is 0 Å². The molecule has 0 unspecified atom stereocenters. The number of ketones is 1. The van der Waals surface area contributed by atoms with Crippen LogP contribution in [0, 0.1) is 6.92 Å². The first-order valence-electron chi connectivity index (χ1n) is 5.63. The van der Waals surface area contributed by atoms with Crippen molar-refractivity contribution >= 4 is 21.7 Å². The quantitative estimate of drug-likeness (QED) is 0.756. The number of carbonyl (C=O) groups excluding carboxylic acids is 1. The summed E-state index contributed by atoms with van der Waals surface area (Å²) in [7, 11) is 0. The molecule has 2 nitrogen and oxygen atoms in total. The first-order valence-corrected chi connectivity index (χ1v) is 6.42. The van der Waals surface area contributed by atoms with Gasteiger partial charge in [0, 0.05) is 28.0 Å². The van der Waals surface area contributed by atoms with Crippen molar-refractivity contribution in [1.29, 1.82) is 0 Å². The highest BCUT2D eigenvalue weighted by Gasteiger charge is 2.35. The third-order valence-electron chi connectivity index (χ3n) is 2.82. The number of pyridine rings is 1. The minimum atomic E-state index is -4.59. The van der Waals surface area contributed by atoms with Gasteiger partial charge in [-0.3, -0.25) is 9.78 Å². The molecule has 104 valence electrons. The molecule has 0 N–H and O–H groups in total. The molecule has 0 aliphatic carbocycles. The number of nitrogens with zero attached hydrogens (tertiary/aromatic N) is 1. The number of aromatic nitrogens is 1. The topological polar surface area (TPSA) is 30.0 Å². The summed E-state index contributed by atoms with van der Waals surface area (Å²) in [6, 6.07) is 5.06. The summed E-state index contributed by atoms with van der Waals surface area (Å²) in [5.41, 5.74) is -0.585. The molecule has 6 heteroatoms. The van der Waals surface area contributed by atoms with E-state index >= 15 is 0 Å². The molecule has 0 bridgehead atoms. The van der Waals surface area contributed by atoms with Gasteiger partial charge in [0.05, 0.1) is 5.56 Å². The Labute approximate surface area is 121 Å². The van der Waals surface area contributed by atoms with E-state index in [2.05, 4.69) is 20.9 Å². The fraction of sp³-hybridized carbons (Fsp3) is 0.143. The number of halogens is 4. The van der Waals surface area contributed by atoms with Crippen LogP contribution in [-0.4, -0.2) is 10.8 Å². The van der Waals surface area contributed by atoms with Crippen LogP contribution in [0.15, 0.2) is 41.1 Å². The number of hydrogen-bond acceptors (Lipinski definition) is 2. The molecule has 0 atom stereocenters. The Bertz CT molecular complexity index is 668. The lowest BCUT2D eigenvalue weighted by atomic mass is 9.97. The predicted molar refractivity (Wildman–Crippen MR) is 71.6 cm³/mol. The summed E-state index contributed by atoms with van der Waals surface area (Å²) in [6.45, 7) is 1.65. The molecule has 20 heavy (non-hydrogen) atoms.